The van der Waals surface area contributed by atoms with Crippen LogP contribution in [-0.4, -0.2) is 56.5 Å². The van der Waals surface area contributed by atoms with Gasteiger partial charge in [0.1, 0.15) is 18.3 Å². The van der Waals surface area contributed by atoms with Gasteiger partial charge < -0.3 is 23.7 Å². The SMILES string of the molecule is CCCCOP(=O)(OCCCC)O[C@H]1O[C@H](COCc2ccccc2)[C@H](OCc2ccccc2)[C@H](OCc2ccccc2)[C@H]1OC(=O)C(C)(C)C. The molecular weight excluding hydrogens is 671 g/mol. The highest BCUT2D eigenvalue weighted by Crippen LogP contribution is 2.53. The van der Waals surface area contributed by atoms with Gasteiger partial charge >= 0.3 is 13.8 Å². The summed E-state index contributed by atoms with van der Waals surface area (Å²) in [6, 6.07) is 29.2. The minimum absolute atomic E-state index is 0.0665. The average Bonchev–Trinajstić information content (AvgIpc) is 3.12. The summed E-state index contributed by atoms with van der Waals surface area (Å²) in [6.45, 7) is 10.3. The van der Waals surface area contributed by atoms with Gasteiger partial charge in [0, 0.05) is 0 Å². The molecule has 5 atom stereocenters. The van der Waals surface area contributed by atoms with E-state index in [1.807, 2.05) is 105 Å². The minimum Gasteiger partial charge on any atom is -0.454 e. The third-order valence-corrected chi connectivity index (χ3v) is 9.60. The Balaban J connectivity index is 1.73. The van der Waals surface area contributed by atoms with Crippen molar-refractivity contribution in [2.45, 2.75) is 111 Å². The molecule has 51 heavy (non-hydrogen) atoms. The van der Waals surface area contributed by atoms with Gasteiger partial charge in [0.15, 0.2) is 6.10 Å². The van der Waals surface area contributed by atoms with E-state index < -0.39 is 49.9 Å². The minimum atomic E-state index is -4.21. The van der Waals surface area contributed by atoms with Crippen LogP contribution in [0.5, 0.6) is 0 Å². The summed E-state index contributed by atoms with van der Waals surface area (Å²) in [5.74, 6) is -0.521. The quantitative estimate of drug-likeness (QED) is 0.0600. The van der Waals surface area contributed by atoms with Crippen LogP contribution in [0.15, 0.2) is 91.0 Å². The molecule has 1 aliphatic heterocycles. The first-order chi connectivity index (χ1) is 24.6. The summed E-state index contributed by atoms with van der Waals surface area (Å²) in [5, 5.41) is 0. The second-order valence-corrected chi connectivity index (χ2v) is 15.2. The molecule has 0 amide bonds. The predicted octanol–water partition coefficient (Wildman–Crippen LogP) is 8.81. The van der Waals surface area contributed by atoms with Crippen LogP contribution in [0.4, 0.5) is 0 Å². The fourth-order valence-electron chi connectivity index (χ4n) is 5.18. The maximum Gasteiger partial charge on any atom is 0.477 e. The lowest BCUT2D eigenvalue weighted by Crippen LogP contribution is -2.62. The molecule has 0 saturated carbocycles. The molecule has 0 N–H and O–H groups in total. The average molecular weight is 727 g/mol. The standard InChI is InChI=1S/C40H55O10P/c1-6-8-25-46-51(42,47-26-9-7-2)50-38-37(49-39(41)40(3,4)5)36(45-29-33-23-17-12-18-24-33)35(44-28-32-21-15-11-16-22-32)34(48-38)30-43-27-31-19-13-10-14-20-31/h10-24,34-38H,6-9,25-30H2,1-5H3/t34-,35+,36+,37-,38-/m1/s1. The molecule has 11 heteroatoms. The van der Waals surface area contributed by atoms with Crippen molar-refractivity contribution in [1.82, 2.24) is 0 Å². The number of phosphoric acid groups is 1. The van der Waals surface area contributed by atoms with Gasteiger partial charge in [0.05, 0.1) is 45.1 Å². The van der Waals surface area contributed by atoms with Gasteiger partial charge in [0.25, 0.3) is 0 Å². The maximum atomic E-state index is 14.3. The normalized spacial score (nSPS) is 21.0. The predicted molar refractivity (Wildman–Crippen MR) is 195 cm³/mol. The van der Waals surface area contributed by atoms with Crippen LogP contribution in [0.1, 0.15) is 77.0 Å². The largest absolute Gasteiger partial charge is 0.477 e. The van der Waals surface area contributed by atoms with E-state index in [1.54, 1.807) is 20.8 Å². The van der Waals surface area contributed by atoms with E-state index in [2.05, 4.69) is 0 Å². The second-order valence-electron chi connectivity index (χ2n) is 13.6. The van der Waals surface area contributed by atoms with Gasteiger partial charge in [0.2, 0.25) is 6.29 Å². The number of phosphoric ester groups is 1. The Hall–Kier alpha value is -2.92. The van der Waals surface area contributed by atoms with Crippen LogP contribution in [-0.2, 0) is 66.4 Å². The highest BCUT2D eigenvalue weighted by molar-refractivity contribution is 7.48. The van der Waals surface area contributed by atoms with E-state index in [9.17, 15) is 9.36 Å². The number of carbonyl (C=O) groups excluding carboxylic acids is 1. The van der Waals surface area contributed by atoms with E-state index >= 15 is 0 Å². The Kier molecular flexibility index (Phi) is 16.8. The molecule has 0 unspecified atom stereocenters. The van der Waals surface area contributed by atoms with E-state index in [4.69, 9.17) is 37.3 Å². The molecule has 0 aliphatic carbocycles. The van der Waals surface area contributed by atoms with Crippen molar-refractivity contribution in [2.75, 3.05) is 19.8 Å². The number of benzene rings is 3. The van der Waals surface area contributed by atoms with E-state index in [0.29, 0.717) is 19.4 Å². The Morgan fingerprint density at radius 3 is 1.63 bits per heavy atom. The molecule has 1 saturated heterocycles. The Morgan fingerprint density at radius 1 is 0.686 bits per heavy atom. The van der Waals surface area contributed by atoms with Crippen molar-refractivity contribution in [2.24, 2.45) is 5.41 Å². The van der Waals surface area contributed by atoms with Gasteiger partial charge in [-0.05, 0) is 50.3 Å². The van der Waals surface area contributed by atoms with Crippen LogP contribution >= 0.6 is 7.82 Å². The monoisotopic (exact) mass is 726 g/mol. The van der Waals surface area contributed by atoms with Crippen molar-refractivity contribution < 1.29 is 46.6 Å². The number of esters is 1. The highest BCUT2D eigenvalue weighted by atomic mass is 31.2. The van der Waals surface area contributed by atoms with Crippen molar-refractivity contribution in [3.05, 3.63) is 108 Å². The number of carbonyl (C=O) groups is 1. The third-order valence-electron chi connectivity index (χ3n) is 8.14. The van der Waals surface area contributed by atoms with E-state index in [0.717, 1.165) is 29.5 Å². The van der Waals surface area contributed by atoms with Crippen molar-refractivity contribution in [3.8, 4) is 0 Å². The lowest BCUT2D eigenvalue weighted by molar-refractivity contribution is -0.307. The Labute approximate surface area is 303 Å². The summed E-state index contributed by atoms with van der Waals surface area (Å²) in [7, 11) is -4.21. The smallest absolute Gasteiger partial charge is 0.454 e. The second kappa shape index (κ2) is 20.9. The third kappa shape index (κ3) is 13.5. The van der Waals surface area contributed by atoms with Crippen molar-refractivity contribution in [1.29, 1.82) is 0 Å². The van der Waals surface area contributed by atoms with Crippen LogP contribution in [0.2, 0.25) is 0 Å². The van der Waals surface area contributed by atoms with E-state index in [-0.39, 0.29) is 33.0 Å². The lowest BCUT2D eigenvalue weighted by Gasteiger charge is -2.46. The molecule has 4 rings (SSSR count). The molecule has 3 aromatic rings. The summed E-state index contributed by atoms with van der Waals surface area (Å²) in [5.41, 5.74) is 1.93. The number of hydrogen-bond acceptors (Lipinski definition) is 10. The molecule has 1 aliphatic rings. The molecule has 280 valence electrons. The number of ether oxygens (including phenoxy) is 5. The first kappa shape index (κ1) is 40.8. The van der Waals surface area contributed by atoms with Gasteiger partial charge in [-0.1, -0.05) is 118 Å². The first-order valence-electron chi connectivity index (χ1n) is 18.0. The molecule has 3 aromatic carbocycles. The van der Waals surface area contributed by atoms with Crippen LogP contribution < -0.4 is 0 Å². The van der Waals surface area contributed by atoms with Crippen LogP contribution in [0.3, 0.4) is 0 Å². The van der Waals surface area contributed by atoms with Crippen LogP contribution in [0.25, 0.3) is 0 Å². The van der Waals surface area contributed by atoms with Gasteiger partial charge in [-0.2, -0.15) is 0 Å². The molecule has 10 nitrogen and oxygen atoms in total. The molecule has 0 bridgehead atoms. The molecule has 0 radical (unpaired) electrons. The maximum absolute atomic E-state index is 14.3. The molecule has 1 heterocycles. The summed E-state index contributed by atoms with van der Waals surface area (Å²) in [4.78, 5) is 13.6. The van der Waals surface area contributed by atoms with Gasteiger partial charge in [-0.15, -0.1) is 0 Å². The van der Waals surface area contributed by atoms with E-state index in [1.165, 1.54) is 0 Å². The summed E-state index contributed by atoms with van der Waals surface area (Å²) in [6.07, 6.45) is -2.24. The van der Waals surface area contributed by atoms with Crippen molar-refractivity contribution >= 4 is 13.8 Å². The van der Waals surface area contributed by atoms with Gasteiger partial charge in [-0.3, -0.25) is 18.4 Å². The fraction of sp³-hybridized carbons (Fsp3) is 0.525. The molecule has 0 spiro atoms. The Bertz CT molecular complexity index is 1440. The number of rotatable bonds is 21. The molecular formula is C40H55O10P. The number of unbranched alkanes of at least 4 members (excludes halogenated alkanes) is 2. The van der Waals surface area contributed by atoms with Crippen LogP contribution in [0, 0.1) is 5.41 Å². The zero-order valence-corrected chi connectivity index (χ0v) is 31.5. The topological polar surface area (TPSA) is 108 Å². The summed E-state index contributed by atoms with van der Waals surface area (Å²) >= 11 is 0. The summed E-state index contributed by atoms with van der Waals surface area (Å²) < 4.78 is 64.3. The Morgan fingerprint density at radius 2 is 1.16 bits per heavy atom. The number of hydrogen-bond donors (Lipinski definition) is 0. The zero-order valence-electron chi connectivity index (χ0n) is 30.6. The molecule has 1 fully saturated rings. The van der Waals surface area contributed by atoms with Gasteiger partial charge in [-0.25, -0.2) is 4.57 Å². The fourth-order valence-corrected chi connectivity index (χ4v) is 6.51. The zero-order chi connectivity index (χ0) is 36.5. The van der Waals surface area contributed by atoms with Crippen molar-refractivity contribution in [3.63, 3.8) is 0 Å². The first-order valence-corrected chi connectivity index (χ1v) is 19.4. The molecule has 0 aromatic heterocycles. The highest BCUT2D eigenvalue weighted by Gasteiger charge is 2.53. The lowest BCUT2D eigenvalue weighted by atomic mass is 9.95.